The summed E-state index contributed by atoms with van der Waals surface area (Å²) in [6.45, 7) is 0. The highest BCUT2D eigenvalue weighted by Crippen LogP contribution is 2.33. The fourth-order valence-corrected chi connectivity index (χ4v) is 2.86. The molecule has 0 saturated carbocycles. The van der Waals surface area contributed by atoms with Crippen LogP contribution in [0.5, 0.6) is 5.75 Å². The first-order valence-corrected chi connectivity index (χ1v) is 8.63. The number of rotatable bonds is 4. The van der Waals surface area contributed by atoms with E-state index in [4.69, 9.17) is 0 Å². The maximum Gasteiger partial charge on any atom is 0.573 e. The van der Waals surface area contributed by atoms with Gasteiger partial charge in [-0.1, -0.05) is 12.1 Å². The summed E-state index contributed by atoms with van der Waals surface area (Å²) in [6.07, 6.45) is 1.40. The van der Waals surface area contributed by atoms with E-state index < -0.39 is 24.2 Å². The van der Waals surface area contributed by atoms with Crippen molar-refractivity contribution >= 4 is 11.6 Å². The third-order valence-corrected chi connectivity index (χ3v) is 4.13. The number of dihydropyridines is 1. The second kappa shape index (κ2) is 7.52. The van der Waals surface area contributed by atoms with Crippen LogP contribution in [0.4, 0.5) is 13.2 Å². The van der Waals surface area contributed by atoms with Crippen molar-refractivity contribution in [3.05, 3.63) is 72.3 Å². The second-order valence-electron chi connectivity index (χ2n) is 6.20. The first-order chi connectivity index (χ1) is 14.3. The lowest BCUT2D eigenvalue weighted by molar-refractivity contribution is -0.274. The number of aliphatic hydroxyl groups is 1. The van der Waals surface area contributed by atoms with E-state index in [1.807, 2.05) is 0 Å². The number of carbonyl (C=O) groups excluding carboxylic acids is 1. The van der Waals surface area contributed by atoms with E-state index in [9.17, 15) is 23.1 Å². The lowest BCUT2D eigenvalue weighted by atomic mass is 10.1. The van der Waals surface area contributed by atoms with Crippen LogP contribution in [0.15, 0.2) is 66.8 Å². The summed E-state index contributed by atoms with van der Waals surface area (Å²) < 4.78 is 43.6. The number of nitrogens with one attached hydrogen (secondary N) is 2. The number of aromatic nitrogens is 3. The molecule has 0 bridgehead atoms. The molecule has 1 aromatic carbocycles. The van der Waals surface area contributed by atoms with E-state index in [1.54, 1.807) is 12.1 Å². The molecule has 0 fully saturated rings. The number of allylic oxidation sites excluding steroid dienone is 1. The van der Waals surface area contributed by atoms with Gasteiger partial charge < -0.3 is 20.5 Å². The molecule has 3 N–H and O–H groups in total. The molecule has 0 radical (unpaired) electrons. The zero-order valence-electron chi connectivity index (χ0n) is 15.1. The Hall–Kier alpha value is -3.86. The summed E-state index contributed by atoms with van der Waals surface area (Å²) in [4.78, 5) is 17.0. The van der Waals surface area contributed by atoms with E-state index in [0.717, 1.165) is 0 Å². The Kier molecular flexibility index (Phi) is 4.88. The topological polar surface area (TPSA) is 101 Å². The van der Waals surface area contributed by atoms with Crippen LogP contribution >= 0.6 is 0 Å². The standard InChI is InChI=1S/C19H14F3N5O3/c20-19(21,22)30-15-4-2-1-3-12(15)14-6-8-27-17(26-14)13(10-24-27)18(29)25-11-5-7-23-16(28)9-11/h1-10,16,23,28H,(H,25,29). The van der Waals surface area contributed by atoms with Crippen molar-refractivity contribution in [2.75, 3.05) is 0 Å². The minimum absolute atomic E-state index is 0.105. The highest BCUT2D eigenvalue weighted by Gasteiger charge is 2.32. The Labute approximate surface area is 167 Å². The van der Waals surface area contributed by atoms with Gasteiger partial charge in [0.05, 0.1) is 11.9 Å². The number of hydrogen-bond donors (Lipinski definition) is 3. The molecule has 1 aliphatic heterocycles. The van der Waals surface area contributed by atoms with Crippen LogP contribution < -0.4 is 15.4 Å². The van der Waals surface area contributed by atoms with Crippen molar-refractivity contribution in [3.63, 3.8) is 0 Å². The average molecular weight is 417 g/mol. The van der Waals surface area contributed by atoms with Crippen molar-refractivity contribution in [3.8, 4) is 17.0 Å². The van der Waals surface area contributed by atoms with Gasteiger partial charge in [0.25, 0.3) is 5.91 Å². The summed E-state index contributed by atoms with van der Waals surface area (Å²) in [5, 5.41) is 18.8. The van der Waals surface area contributed by atoms with Gasteiger partial charge in [0.1, 0.15) is 17.5 Å². The molecule has 1 atom stereocenters. The maximum atomic E-state index is 12.7. The van der Waals surface area contributed by atoms with Crippen LogP contribution in [0.25, 0.3) is 16.9 Å². The lowest BCUT2D eigenvalue weighted by Gasteiger charge is -2.14. The van der Waals surface area contributed by atoms with E-state index >= 15 is 0 Å². The van der Waals surface area contributed by atoms with Crippen LogP contribution in [0.1, 0.15) is 10.4 Å². The molecule has 11 heteroatoms. The third-order valence-electron chi connectivity index (χ3n) is 4.13. The van der Waals surface area contributed by atoms with Crippen LogP contribution in [-0.4, -0.2) is 38.2 Å². The number of fused-ring (bicyclic) bond motifs is 1. The highest BCUT2D eigenvalue weighted by molar-refractivity contribution is 6.01. The number of hydrogen-bond acceptors (Lipinski definition) is 6. The first-order valence-electron chi connectivity index (χ1n) is 8.63. The number of carbonyl (C=O) groups is 1. The van der Waals surface area contributed by atoms with E-state index in [1.165, 1.54) is 53.5 Å². The first kappa shape index (κ1) is 19.5. The molecule has 0 aliphatic carbocycles. The summed E-state index contributed by atoms with van der Waals surface area (Å²) in [6, 6.07) is 7.04. The van der Waals surface area contributed by atoms with Crippen molar-refractivity contribution in [1.29, 1.82) is 0 Å². The van der Waals surface area contributed by atoms with Gasteiger partial charge in [-0.2, -0.15) is 5.10 Å². The van der Waals surface area contributed by atoms with Gasteiger partial charge in [0.15, 0.2) is 5.65 Å². The molecular formula is C19H14F3N5O3. The summed E-state index contributed by atoms with van der Waals surface area (Å²) in [5.74, 6) is -0.953. The molecule has 0 spiro atoms. The number of halogens is 3. The highest BCUT2D eigenvalue weighted by atomic mass is 19.4. The van der Waals surface area contributed by atoms with Crippen LogP contribution in [0, 0.1) is 0 Å². The number of aliphatic hydroxyl groups excluding tert-OH is 1. The molecule has 1 amide bonds. The fourth-order valence-electron chi connectivity index (χ4n) is 2.86. The molecule has 3 heterocycles. The summed E-state index contributed by atoms with van der Waals surface area (Å²) in [7, 11) is 0. The largest absolute Gasteiger partial charge is 0.573 e. The van der Waals surface area contributed by atoms with Gasteiger partial charge in [0, 0.05) is 23.7 Å². The molecule has 154 valence electrons. The zero-order chi connectivity index (χ0) is 21.3. The van der Waals surface area contributed by atoms with Crippen molar-refractivity contribution in [2.24, 2.45) is 0 Å². The number of para-hydroxylation sites is 1. The molecule has 8 nitrogen and oxygen atoms in total. The molecule has 2 aromatic heterocycles. The maximum absolute atomic E-state index is 12.7. The minimum Gasteiger partial charge on any atom is -0.405 e. The number of amides is 1. The van der Waals surface area contributed by atoms with Gasteiger partial charge in [-0.3, -0.25) is 4.79 Å². The normalized spacial score (nSPS) is 16.1. The van der Waals surface area contributed by atoms with E-state index in [-0.39, 0.29) is 22.5 Å². The monoisotopic (exact) mass is 417 g/mol. The SMILES string of the molecule is O=C(NC1=CC(O)NC=C1)c1cnn2ccc(-c3ccccc3OC(F)(F)F)nc12. The van der Waals surface area contributed by atoms with Gasteiger partial charge in [-0.25, -0.2) is 9.50 Å². The minimum atomic E-state index is -4.86. The Morgan fingerprint density at radius 2 is 2.07 bits per heavy atom. The van der Waals surface area contributed by atoms with E-state index in [0.29, 0.717) is 5.70 Å². The molecular weight excluding hydrogens is 403 g/mol. The molecule has 1 unspecified atom stereocenters. The Bertz CT molecular complexity index is 1170. The Morgan fingerprint density at radius 1 is 1.27 bits per heavy atom. The van der Waals surface area contributed by atoms with E-state index in [2.05, 4.69) is 25.5 Å². The Balaban J connectivity index is 1.69. The Morgan fingerprint density at radius 3 is 2.83 bits per heavy atom. The third kappa shape index (κ3) is 4.10. The van der Waals surface area contributed by atoms with Crippen molar-refractivity contribution in [2.45, 2.75) is 12.6 Å². The number of ether oxygens (including phenoxy) is 1. The van der Waals surface area contributed by atoms with Crippen LogP contribution in [0.2, 0.25) is 0 Å². The van der Waals surface area contributed by atoms with Gasteiger partial charge in [-0.05, 0) is 30.4 Å². The molecule has 3 aromatic rings. The quantitative estimate of drug-likeness (QED) is 0.603. The fraction of sp³-hybridized carbons (Fsp3) is 0.105. The van der Waals surface area contributed by atoms with Crippen LogP contribution in [0.3, 0.4) is 0 Å². The average Bonchev–Trinajstić information content (AvgIpc) is 3.10. The molecule has 1 aliphatic rings. The van der Waals surface area contributed by atoms with Gasteiger partial charge in [-0.15, -0.1) is 13.2 Å². The predicted molar refractivity (Wildman–Crippen MR) is 98.9 cm³/mol. The van der Waals surface area contributed by atoms with Crippen molar-refractivity contribution in [1.82, 2.24) is 25.2 Å². The summed E-state index contributed by atoms with van der Waals surface area (Å²) >= 11 is 0. The second-order valence-corrected chi connectivity index (χ2v) is 6.20. The van der Waals surface area contributed by atoms with Crippen LogP contribution in [-0.2, 0) is 0 Å². The molecule has 30 heavy (non-hydrogen) atoms. The number of nitrogens with zero attached hydrogens (tertiary/aromatic N) is 3. The summed E-state index contributed by atoms with van der Waals surface area (Å²) in [5.41, 5.74) is 0.898. The zero-order valence-corrected chi connectivity index (χ0v) is 15.1. The number of alkyl halides is 3. The molecule has 0 saturated heterocycles. The molecule has 4 rings (SSSR count). The smallest absolute Gasteiger partial charge is 0.405 e. The number of benzene rings is 1. The van der Waals surface area contributed by atoms with Gasteiger partial charge in [0.2, 0.25) is 0 Å². The van der Waals surface area contributed by atoms with Crippen molar-refractivity contribution < 1.29 is 27.8 Å². The van der Waals surface area contributed by atoms with Gasteiger partial charge >= 0.3 is 6.36 Å². The predicted octanol–water partition coefficient (Wildman–Crippen LogP) is 2.34. The lowest BCUT2D eigenvalue weighted by Crippen LogP contribution is -2.30.